The van der Waals surface area contributed by atoms with Gasteiger partial charge in [0, 0.05) is 50.2 Å². The Kier molecular flexibility index (Phi) is 6.31. The molecule has 0 radical (unpaired) electrons. The quantitative estimate of drug-likeness (QED) is 0.775. The number of benzene rings is 1. The zero-order chi connectivity index (χ0) is 19.2. The van der Waals surface area contributed by atoms with Gasteiger partial charge in [-0.25, -0.2) is 4.98 Å². The number of hydrogen-bond acceptors (Lipinski definition) is 6. The third kappa shape index (κ3) is 4.95. The van der Waals surface area contributed by atoms with Crippen LogP contribution in [0.15, 0.2) is 42.6 Å². The molecule has 4 rings (SSSR count). The molecule has 0 saturated carbocycles. The second-order valence-corrected chi connectivity index (χ2v) is 7.22. The first-order chi connectivity index (χ1) is 13.8. The fraction of sp³-hybridized carbons (Fsp3) is 0.455. The standard InChI is InChI=1S/C22H26N2O4/c25-20(13-16-1-3-17(4-2-16)21-15-23-9-12-27-21)18-5-6-22(24-14-18)28-19-7-10-26-11-8-19/h1-6,14,19,21,23H,7-13,15H2. The highest BCUT2D eigenvalue weighted by atomic mass is 16.5. The van der Waals surface area contributed by atoms with Crippen molar-refractivity contribution in [1.82, 2.24) is 10.3 Å². The Hall–Kier alpha value is -2.28. The number of nitrogens with zero attached hydrogens (tertiary/aromatic N) is 1. The Morgan fingerprint density at radius 2 is 1.93 bits per heavy atom. The van der Waals surface area contributed by atoms with E-state index in [9.17, 15) is 4.79 Å². The fourth-order valence-electron chi connectivity index (χ4n) is 3.50. The summed E-state index contributed by atoms with van der Waals surface area (Å²) in [5.74, 6) is 0.613. The molecule has 6 heteroatoms. The highest BCUT2D eigenvalue weighted by molar-refractivity contribution is 5.97. The van der Waals surface area contributed by atoms with Gasteiger partial charge >= 0.3 is 0 Å². The molecule has 28 heavy (non-hydrogen) atoms. The number of hydrogen-bond donors (Lipinski definition) is 1. The van der Waals surface area contributed by atoms with Crippen molar-refractivity contribution in [1.29, 1.82) is 0 Å². The van der Waals surface area contributed by atoms with E-state index >= 15 is 0 Å². The van der Waals surface area contributed by atoms with E-state index in [2.05, 4.69) is 10.3 Å². The molecule has 148 valence electrons. The Bertz CT molecular complexity index is 764. The molecule has 1 unspecified atom stereocenters. The van der Waals surface area contributed by atoms with Gasteiger partial charge in [0.05, 0.1) is 25.9 Å². The summed E-state index contributed by atoms with van der Waals surface area (Å²) < 4.78 is 17.0. The van der Waals surface area contributed by atoms with Crippen LogP contribution in [0.25, 0.3) is 0 Å². The minimum Gasteiger partial charge on any atom is -0.474 e. The van der Waals surface area contributed by atoms with Gasteiger partial charge in [0.1, 0.15) is 6.10 Å². The SMILES string of the molecule is O=C(Cc1ccc(C2CNCCO2)cc1)c1ccc(OC2CCOCC2)nc1. The number of carbonyl (C=O) groups excluding carboxylic acids is 1. The molecule has 0 bridgehead atoms. The smallest absolute Gasteiger partial charge is 0.213 e. The van der Waals surface area contributed by atoms with Crippen molar-refractivity contribution >= 4 is 5.78 Å². The van der Waals surface area contributed by atoms with Crippen molar-refractivity contribution in [3.8, 4) is 5.88 Å². The summed E-state index contributed by atoms with van der Waals surface area (Å²) in [4.78, 5) is 16.9. The first kappa shape index (κ1) is 19.1. The Balaban J connectivity index is 1.32. The van der Waals surface area contributed by atoms with Crippen LogP contribution in [0.2, 0.25) is 0 Å². The maximum absolute atomic E-state index is 12.6. The van der Waals surface area contributed by atoms with Crippen LogP contribution in [-0.4, -0.2) is 49.8 Å². The second kappa shape index (κ2) is 9.28. The van der Waals surface area contributed by atoms with Gasteiger partial charge in [-0.2, -0.15) is 0 Å². The first-order valence-electron chi connectivity index (χ1n) is 9.93. The number of pyridine rings is 1. The molecule has 1 aromatic heterocycles. The van der Waals surface area contributed by atoms with Crippen LogP contribution in [0, 0.1) is 0 Å². The van der Waals surface area contributed by atoms with Gasteiger partial charge in [0.25, 0.3) is 0 Å². The number of aromatic nitrogens is 1. The lowest BCUT2D eigenvalue weighted by atomic mass is 10.0. The van der Waals surface area contributed by atoms with Crippen LogP contribution < -0.4 is 10.1 Å². The number of ketones is 1. The van der Waals surface area contributed by atoms with Crippen LogP contribution in [0.3, 0.4) is 0 Å². The van der Waals surface area contributed by atoms with Crippen molar-refractivity contribution in [3.63, 3.8) is 0 Å². The molecular formula is C22H26N2O4. The summed E-state index contributed by atoms with van der Waals surface area (Å²) in [6.45, 7) is 3.90. The largest absolute Gasteiger partial charge is 0.474 e. The Labute approximate surface area is 165 Å². The van der Waals surface area contributed by atoms with Gasteiger partial charge in [-0.3, -0.25) is 4.79 Å². The predicted octanol–water partition coefficient (Wildman–Crippen LogP) is 2.73. The van der Waals surface area contributed by atoms with Gasteiger partial charge in [-0.1, -0.05) is 24.3 Å². The first-order valence-corrected chi connectivity index (χ1v) is 9.93. The van der Waals surface area contributed by atoms with Crippen molar-refractivity contribution in [3.05, 3.63) is 59.3 Å². The van der Waals surface area contributed by atoms with Gasteiger partial charge in [-0.15, -0.1) is 0 Å². The van der Waals surface area contributed by atoms with Crippen molar-refractivity contribution in [2.45, 2.75) is 31.5 Å². The molecule has 0 amide bonds. The van der Waals surface area contributed by atoms with E-state index in [1.807, 2.05) is 24.3 Å². The molecule has 1 N–H and O–H groups in total. The molecule has 3 heterocycles. The van der Waals surface area contributed by atoms with E-state index in [1.165, 1.54) is 0 Å². The van der Waals surface area contributed by atoms with Crippen LogP contribution in [-0.2, 0) is 15.9 Å². The third-order valence-corrected chi connectivity index (χ3v) is 5.16. The maximum atomic E-state index is 12.6. The van der Waals surface area contributed by atoms with Gasteiger partial charge in [0.15, 0.2) is 5.78 Å². The molecule has 1 atom stereocenters. The fourth-order valence-corrected chi connectivity index (χ4v) is 3.50. The van der Waals surface area contributed by atoms with Gasteiger partial charge < -0.3 is 19.5 Å². The molecule has 2 aliphatic rings. The average Bonchev–Trinajstić information content (AvgIpc) is 2.76. The lowest BCUT2D eigenvalue weighted by Crippen LogP contribution is -2.33. The second-order valence-electron chi connectivity index (χ2n) is 7.22. The molecular weight excluding hydrogens is 356 g/mol. The summed E-state index contributed by atoms with van der Waals surface area (Å²) in [6.07, 6.45) is 3.94. The summed E-state index contributed by atoms with van der Waals surface area (Å²) in [7, 11) is 0. The minimum absolute atomic E-state index is 0.0495. The Morgan fingerprint density at radius 3 is 2.61 bits per heavy atom. The topological polar surface area (TPSA) is 69.7 Å². The summed E-state index contributed by atoms with van der Waals surface area (Å²) in [5, 5.41) is 3.33. The van der Waals surface area contributed by atoms with Crippen LogP contribution in [0.4, 0.5) is 0 Å². The van der Waals surface area contributed by atoms with E-state index in [-0.39, 0.29) is 18.0 Å². The lowest BCUT2D eigenvalue weighted by molar-refractivity contribution is 0.0237. The summed E-state index contributed by atoms with van der Waals surface area (Å²) in [6, 6.07) is 11.7. The van der Waals surface area contributed by atoms with Crippen molar-refractivity contribution in [2.24, 2.45) is 0 Å². The number of Topliss-reactive ketones (excluding diaryl/α,β-unsaturated/α-hetero) is 1. The molecule has 1 aromatic carbocycles. The zero-order valence-electron chi connectivity index (χ0n) is 15.9. The number of ether oxygens (including phenoxy) is 3. The van der Waals surface area contributed by atoms with Crippen LogP contribution in [0.5, 0.6) is 5.88 Å². The number of carbonyl (C=O) groups is 1. The predicted molar refractivity (Wildman–Crippen MR) is 105 cm³/mol. The van der Waals surface area contributed by atoms with Crippen LogP contribution in [0.1, 0.15) is 40.4 Å². The molecule has 2 fully saturated rings. The average molecular weight is 382 g/mol. The highest BCUT2D eigenvalue weighted by Crippen LogP contribution is 2.20. The van der Waals surface area contributed by atoms with Crippen LogP contribution >= 0.6 is 0 Å². The van der Waals surface area contributed by atoms with E-state index in [4.69, 9.17) is 14.2 Å². The van der Waals surface area contributed by atoms with E-state index in [0.717, 1.165) is 56.9 Å². The summed E-state index contributed by atoms with van der Waals surface area (Å²) in [5.41, 5.74) is 2.72. The van der Waals surface area contributed by atoms with Gasteiger partial charge in [-0.05, 0) is 17.2 Å². The van der Waals surface area contributed by atoms with Gasteiger partial charge in [0.2, 0.25) is 5.88 Å². The zero-order valence-corrected chi connectivity index (χ0v) is 15.9. The maximum Gasteiger partial charge on any atom is 0.213 e. The molecule has 6 nitrogen and oxygen atoms in total. The molecule has 2 saturated heterocycles. The highest BCUT2D eigenvalue weighted by Gasteiger charge is 2.17. The molecule has 0 spiro atoms. The minimum atomic E-state index is 0.0495. The lowest BCUT2D eigenvalue weighted by Gasteiger charge is -2.24. The van der Waals surface area contributed by atoms with E-state index < -0.39 is 0 Å². The molecule has 2 aromatic rings. The van der Waals surface area contributed by atoms with E-state index in [1.54, 1.807) is 18.3 Å². The molecule has 2 aliphatic heterocycles. The summed E-state index contributed by atoms with van der Waals surface area (Å²) >= 11 is 0. The third-order valence-electron chi connectivity index (χ3n) is 5.16. The Morgan fingerprint density at radius 1 is 1.11 bits per heavy atom. The number of nitrogens with one attached hydrogen (secondary N) is 1. The van der Waals surface area contributed by atoms with Crippen molar-refractivity contribution in [2.75, 3.05) is 32.9 Å². The van der Waals surface area contributed by atoms with E-state index in [0.29, 0.717) is 17.9 Å². The molecule has 0 aliphatic carbocycles. The number of morpholine rings is 1. The monoisotopic (exact) mass is 382 g/mol. The number of rotatable bonds is 6. The van der Waals surface area contributed by atoms with Crippen molar-refractivity contribution < 1.29 is 19.0 Å². The normalized spacial score (nSPS) is 20.6.